The van der Waals surface area contributed by atoms with Gasteiger partial charge in [0.1, 0.15) is 11.6 Å². The van der Waals surface area contributed by atoms with E-state index in [0.717, 1.165) is 6.07 Å². The molecule has 1 aromatic carbocycles. The summed E-state index contributed by atoms with van der Waals surface area (Å²) in [6, 6.07) is 3.71. The van der Waals surface area contributed by atoms with Crippen LogP contribution < -0.4 is 10.0 Å². The molecule has 20 heavy (non-hydrogen) atoms. The molecule has 0 heterocycles. The largest absolute Gasteiger partial charge is 0.369 e. The molecule has 0 spiro atoms. The highest BCUT2D eigenvalue weighted by Crippen LogP contribution is 2.27. The van der Waals surface area contributed by atoms with Gasteiger partial charge < -0.3 is 4.90 Å². The fraction of sp³-hybridized carbons (Fsp3) is 0.462. The number of carbonyl (C=O) groups excluding carboxylic acids is 1. The molecule has 0 aliphatic heterocycles. The topological polar surface area (TPSA) is 80.5 Å². The van der Waals surface area contributed by atoms with E-state index in [2.05, 4.69) is 0 Å². The first-order valence-corrected chi connectivity index (χ1v) is 7.90. The van der Waals surface area contributed by atoms with Gasteiger partial charge in [0.05, 0.1) is 10.6 Å². The standard InChI is InChI=1S/C13H17FN2O3S/c1-16(9-2-4-10(17)5-3-9)13-7-6-11(8-12(13)14)20(15,18)19/h6-9H,2-5H2,1H3,(H2,15,18,19). The average Bonchev–Trinajstić information content (AvgIpc) is 2.37. The molecule has 5 nitrogen and oxygen atoms in total. The van der Waals surface area contributed by atoms with Gasteiger partial charge in [-0.3, -0.25) is 4.79 Å². The van der Waals surface area contributed by atoms with Crippen molar-refractivity contribution in [1.82, 2.24) is 0 Å². The molecule has 2 N–H and O–H groups in total. The van der Waals surface area contributed by atoms with E-state index in [9.17, 15) is 17.6 Å². The molecule has 0 bridgehead atoms. The molecule has 2 rings (SSSR count). The summed E-state index contributed by atoms with van der Waals surface area (Å²) >= 11 is 0. The fourth-order valence-corrected chi connectivity index (χ4v) is 2.98. The van der Waals surface area contributed by atoms with Crippen LogP contribution in [0.5, 0.6) is 0 Å². The zero-order chi connectivity index (χ0) is 14.9. The predicted molar refractivity (Wildman–Crippen MR) is 73.4 cm³/mol. The van der Waals surface area contributed by atoms with Gasteiger partial charge in [0.15, 0.2) is 0 Å². The van der Waals surface area contributed by atoms with E-state index >= 15 is 0 Å². The Bertz CT molecular complexity index is 621. The molecule has 1 saturated carbocycles. The van der Waals surface area contributed by atoms with Crippen molar-refractivity contribution < 1.29 is 17.6 Å². The van der Waals surface area contributed by atoms with Gasteiger partial charge >= 0.3 is 0 Å². The normalized spacial score (nSPS) is 17.2. The smallest absolute Gasteiger partial charge is 0.238 e. The quantitative estimate of drug-likeness (QED) is 0.915. The van der Waals surface area contributed by atoms with E-state index in [1.807, 2.05) is 0 Å². The summed E-state index contributed by atoms with van der Waals surface area (Å²) < 4.78 is 36.4. The molecule has 7 heteroatoms. The number of Topliss-reactive ketones (excluding diaryl/α,β-unsaturated/α-hetero) is 1. The second-order valence-corrected chi connectivity index (χ2v) is 6.60. The summed E-state index contributed by atoms with van der Waals surface area (Å²) in [5.74, 6) is -0.393. The van der Waals surface area contributed by atoms with Gasteiger partial charge in [-0.25, -0.2) is 17.9 Å². The molecule has 1 aliphatic carbocycles. The van der Waals surface area contributed by atoms with Crippen molar-refractivity contribution in [3.05, 3.63) is 24.0 Å². The van der Waals surface area contributed by atoms with Gasteiger partial charge in [-0.05, 0) is 31.0 Å². The summed E-state index contributed by atoms with van der Waals surface area (Å²) in [7, 11) is -2.16. The number of carbonyl (C=O) groups is 1. The van der Waals surface area contributed by atoms with Crippen LogP contribution in [0, 0.1) is 5.82 Å². The fourth-order valence-electron chi connectivity index (χ4n) is 2.46. The van der Waals surface area contributed by atoms with E-state index in [4.69, 9.17) is 5.14 Å². The van der Waals surface area contributed by atoms with E-state index in [1.165, 1.54) is 12.1 Å². The molecule has 0 aromatic heterocycles. The van der Waals surface area contributed by atoms with Crippen molar-refractivity contribution in [2.24, 2.45) is 5.14 Å². The zero-order valence-corrected chi connectivity index (χ0v) is 12.0. The highest BCUT2D eigenvalue weighted by molar-refractivity contribution is 7.89. The summed E-state index contributed by atoms with van der Waals surface area (Å²) in [6.45, 7) is 0. The Hall–Kier alpha value is -1.47. The van der Waals surface area contributed by atoms with Gasteiger partial charge in [0, 0.05) is 25.9 Å². The number of hydrogen-bond acceptors (Lipinski definition) is 4. The van der Waals surface area contributed by atoms with Gasteiger partial charge in [-0.2, -0.15) is 0 Å². The third kappa shape index (κ3) is 3.16. The van der Waals surface area contributed by atoms with Gasteiger partial charge in [0.25, 0.3) is 0 Å². The first kappa shape index (κ1) is 14.9. The van der Waals surface area contributed by atoms with Gasteiger partial charge in [0.2, 0.25) is 10.0 Å². The molecule has 0 radical (unpaired) electrons. The number of anilines is 1. The number of ketones is 1. The van der Waals surface area contributed by atoms with Gasteiger partial charge in [-0.15, -0.1) is 0 Å². The van der Waals surface area contributed by atoms with Crippen LogP contribution >= 0.6 is 0 Å². The van der Waals surface area contributed by atoms with Crippen LogP contribution in [0.15, 0.2) is 23.1 Å². The van der Waals surface area contributed by atoms with Crippen molar-refractivity contribution in [2.45, 2.75) is 36.6 Å². The van der Waals surface area contributed by atoms with E-state index < -0.39 is 15.8 Å². The molecule has 1 aromatic rings. The Morgan fingerprint density at radius 2 is 1.90 bits per heavy atom. The lowest BCUT2D eigenvalue weighted by Gasteiger charge is -2.32. The Kier molecular flexibility index (Phi) is 4.10. The molecule has 110 valence electrons. The van der Waals surface area contributed by atoms with Crippen molar-refractivity contribution in [3.63, 3.8) is 0 Å². The van der Waals surface area contributed by atoms with Gasteiger partial charge in [-0.1, -0.05) is 0 Å². The summed E-state index contributed by atoms with van der Waals surface area (Å²) in [5, 5.41) is 4.96. The molecular weight excluding hydrogens is 283 g/mol. The summed E-state index contributed by atoms with van der Waals surface area (Å²) in [5.41, 5.74) is 0.316. The molecule has 1 fully saturated rings. The number of hydrogen-bond donors (Lipinski definition) is 1. The first-order valence-electron chi connectivity index (χ1n) is 6.36. The Morgan fingerprint density at radius 3 is 2.40 bits per heavy atom. The second-order valence-electron chi connectivity index (χ2n) is 5.04. The molecule has 0 amide bonds. The van der Waals surface area contributed by atoms with E-state index in [0.29, 0.717) is 31.4 Å². The van der Waals surface area contributed by atoms with Crippen LogP contribution in [0.4, 0.5) is 10.1 Å². The number of primary sulfonamides is 1. The number of benzene rings is 1. The lowest BCUT2D eigenvalue weighted by molar-refractivity contribution is -0.120. The maximum Gasteiger partial charge on any atom is 0.238 e. The maximum atomic E-state index is 14.0. The zero-order valence-electron chi connectivity index (χ0n) is 11.2. The number of nitrogens with zero attached hydrogens (tertiary/aromatic N) is 1. The maximum absolute atomic E-state index is 14.0. The highest BCUT2D eigenvalue weighted by atomic mass is 32.2. The predicted octanol–water partition coefficient (Wildman–Crippen LogP) is 1.42. The van der Waals surface area contributed by atoms with Crippen LogP contribution in [-0.4, -0.2) is 27.3 Å². The molecule has 0 atom stereocenters. The van der Waals surface area contributed by atoms with Crippen molar-refractivity contribution in [3.8, 4) is 0 Å². The number of sulfonamides is 1. The monoisotopic (exact) mass is 300 g/mol. The second kappa shape index (κ2) is 5.49. The van der Waals surface area contributed by atoms with E-state index in [1.54, 1.807) is 11.9 Å². The molecule has 1 aliphatic rings. The minimum absolute atomic E-state index is 0.0857. The van der Waals surface area contributed by atoms with Crippen LogP contribution in [0.3, 0.4) is 0 Å². The number of rotatable bonds is 3. The van der Waals surface area contributed by atoms with Crippen LogP contribution in [-0.2, 0) is 14.8 Å². The molecule has 0 saturated heterocycles. The van der Waals surface area contributed by atoms with Crippen molar-refractivity contribution in [1.29, 1.82) is 0 Å². The molecular formula is C13H17FN2O3S. The third-order valence-corrected chi connectivity index (χ3v) is 4.60. The Labute approximate surface area is 117 Å². The SMILES string of the molecule is CN(c1ccc(S(N)(=O)=O)cc1F)C1CCC(=O)CC1. The Balaban J connectivity index is 2.22. The number of halogens is 1. The number of nitrogens with two attached hydrogens (primary N) is 1. The van der Waals surface area contributed by atoms with Crippen LogP contribution in [0.1, 0.15) is 25.7 Å². The van der Waals surface area contributed by atoms with Crippen LogP contribution in [0.25, 0.3) is 0 Å². The summed E-state index contributed by atoms with van der Waals surface area (Å²) in [4.78, 5) is 12.7. The summed E-state index contributed by atoms with van der Waals surface area (Å²) in [6.07, 6.45) is 2.38. The lowest BCUT2D eigenvalue weighted by atomic mass is 9.93. The minimum Gasteiger partial charge on any atom is -0.369 e. The third-order valence-electron chi connectivity index (χ3n) is 3.69. The van der Waals surface area contributed by atoms with Crippen molar-refractivity contribution >= 4 is 21.5 Å². The van der Waals surface area contributed by atoms with Crippen molar-refractivity contribution in [2.75, 3.05) is 11.9 Å². The highest BCUT2D eigenvalue weighted by Gasteiger charge is 2.24. The van der Waals surface area contributed by atoms with E-state index in [-0.39, 0.29) is 16.7 Å². The Morgan fingerprint density at radius 1 is 1.30 bits per heavy atom. The van der Waals surface area contributed by atoms with Crippen LogP contribution in [0.2, 0.25) is 0 Å². The average molecular weight is 300 g/mol. The lowest BCUT2D eigenvalue weighted by Crippen LogP contribution is -2.35. The molecule has 0 unspecified atom stereocenters. The first-order chi connectivity index (χ1) is 9.29. The minimum atomic E-state index is -3.90.